The molecule has 0 unspecified atom stereocenters. The van der Waals surface area contributed by atoms with Crippen LogP contribution in [-0.4, -0.2) is 59.6 Å². The molecule has 0 saturated carbocycles. The maximum atomic E-state index is 14.0. The Kier molecular flexibility index (Phi) is 5.56. The first-order valence-corrected chi connectivity index (χ1v) is 9.85. The Balaban J connectivity index is 1.39. The van der Waals surface area contributed by atoms with E-state index in [-0.39, 0.29) is 18.8 Å². The molecule has 2 N–H and O–H groups in total. The summed E-state index contributed by atoms with van der Waals surface area (Å²) < 4.78 is 34.0. The van der Waals surface area contributed by atoms with Gasteiger partial charge in [0, 0.05) is 56.7 Å². The molecule has 0 bridgehead atoms. The summed E-state index contributed by atoms with van der Waals surface area (Å²) in [6.07, 6.45) is 0. The van der Waals surface area contributed by atoms with E-state index in [1.165, 1.54) is 28.7 Å². The number of anilines is 2. The van der Waals surface area contributed by atoms with Crippen LogP contribution >= 0.6 is 0 Å². The lowest BCUT2D eigenvalue weighted by Crippen LogP contribution is -2.51. The van der Waals surface area contributed by atoms with Crippen LogP contribution < -0.4 is 20.6 Å². The lowest BCUT2D eigenvalue weighted by atomic mass is 10.2. The molecule has 2 amide bonds. The summed E-state index contributed by atoms with van der Waals surface area (Å²) in [5, 5.41) is 2.55. The number of nitrogens with one attached hydrogen (secondary N) is 2. The third-order valence-electron chi connectivity index (χ3n) is 5.48. The predicted octanol–water partition coefficient (Wildman–Crippen LogP) is 1.44. The highest BCUT2D eigenvalue weighted by Gasteiger charge is 2.27. The van der Waals surface area contributed by atoms with Crippen LogP contribution in [0.5, 0.6) is 5.75 Å². The fourth-order valence-electron chi connectivity index (χ4n) is 3.72. The van der Waals surface area contributed by atoms with E-state index >= 15 is 0 Å². The number of carbonyl (C=O) groups excluding carboxylic acids is 2. The van der Waals surface area contributed by atoms with Crippen molar-refractivity contribution in [2.24, 2.45) is 7.05 Å². The largest absolute Gasteiger partial charge is 0.491 e. The Labute approximate surface area is 181 Å². The molecule has 9 nitrogen and oxygen atoms in total. The van der Waals surface area contributed by atoms with Crippen LogP contribution in [0.1, 0.15) is 0 Å². The first-order chi connectivity index (χ1) is 15.3. The molecule has 0 aliphatic carbocycles. The summed E-state index contributed by atoms with van der Waals surface area (Å²) in [6, 6.07) is 7.19. The van der Waals surface area contributed by atoms with E-state index in [0.29, 0.717) is 35.5 Å². The SMILES string of the molecule is COc1c(F)cc(N2CCN(C(=O)C(=O)Nc3ccc4[nH]c(=O)n(C)c4c3)CC2)cc1F. The maximum Gasteiger partial charge on any atom is 0.326 e. The predicted molar refractivity (Wildman–Crippen MR) is 114 cm³/mol. The van der Waals surface area contributed by atoms with Crippen molar-refractivity contribution in [1.29, 1.82) is 0 Å². The van der Waals surface area contributed by atoms with Crippen LogP contribution in [0.15, 0.2) is 35.1 Å². The molecule has 3 aromatic rings. The van der Waals surface area contributed by atoms with Gasteiger partial charge in [-0.3, -0.25) is 14.2 Å². The highest BCUT2D eigenvalue weighted by Crippen LogP contribution is 2.28. The Hall–Kier alpha value is -3.89. The Bertz CT molecular complexity index is 1240. The Morgan fingerprint density at radius 1 is 1.06 bits per heavy atom. The number of rotatable bonds is 3. The number of hydrogen-bond donors (Lipinski definition) is 2. The van der Waals surface area contributed by atoms with E-state index in [0.717, 1.165) is 0 Å². The zero-order chi connectivity index (χ0) is 23.0. The minimum absolute atomic E-state index is 0.215. The smallest absolute Gasteiger partial charge is 0.326 e. The molecule has 1 saturated heterocycles. The number of imidazole rings is 1. The van der Waals surface area contributed by atoms with E-state index in [9.17, 15) is 23.2 Å². The first-order valence-electron chi connectivity index (χ1n) is 9.85. The van der Waals surface area contributed by atoms with Gasteiger partial charge in [-0.1, -0.05) is 0 Å². The van der Waals surface area contributed by atoms with Crippen LogP contribution in [0.4, 0.5) is 20.2 Å². The van der Waals surface area contributed by atoms with Gasteiger partial charge in [0.25, 0.3) is 0 Å². The number of ether oxygens (including phenoxy) is 1. The molecule has 0 spiro atoms. The van der Waals surface area contributed by atoms with Crippen LogP contribution in [0, 0.1) is 11.6 Å². The monoisotopic (exact) mass is 445 g/mol. The quantitative estimate of drug-likeness (QED) is 0.595. The number of H-pyrrole nitrogens is 1. The summed E-state index contributed by atoms with van der Waals surface area (Å²) in [7, 11) is 2.78. The van der Waals surface area contributed by atoms with Gasteiger partial charge in [0.15, 0.2) is 17.4 Å². The highest BCUT2D eigenvalue weighted by atomic mass is 19.1. The van der Waals surface area contributed by atoms with E-state index < -0.39 is 29.2 Å². The van der Waals surface area contributed by atoms with Crippen molar-refractivity contribution in [1.82, 2.24) is 14.5 Å². The minimum atomic E-state index is -0.808. The Morgan fingerprint density at radius 2 is 1.72 bits per heavy atom. The third kappa shape index (κ3) is 3.88. The van der Waals surface area contributed by atoms with Crippen LogP contribution in [-0.2, 0) is 16.6 Å². The summed E-state index contributed by atoms with van der Waals surface area (Å²) >= 11 is 0. The molecule has 0 atom stereocenters. The number of methoxy groups -OCH3 is 1. The van der Waals surface area contributed by atoms with Gasteiger partial charge in [-0.05, 0) is 18.2 Å². The second kappa shape index (κ2) is 8.33. The van der Waals surface area contributed by atoms with Gasteiger partial charge >= 0.3 is 17.5 Å². The number of hydrogen-bond acceptors (Lipinski definition) is 5. The second-order valence-electron chi connectivity index (χ2n) is 7.40. The summed E-state index contributed by atoms with van der Waals surface area (Å²) in [5.74, 6) is -3.58. The third-order valence-corrected chi connectivity index (χ3v) is 5.48. The lowest BCUT2D eigenvalue weighted by Gasteiger charge is -2.35. The topological polar surface area (TPSA) is 99.7 Å². The molecule has 1 aromatic heterocycles. The molecule has 11 heteroatoms. The molecular weight excluding hydrogens is 424 g/mol. The van der Waals surface area contributed by atoms with Crippen LogP contribution in [0.25, 0.3) is 11.0 Å². The zero-order valence-corrected chi connectivity index (χ0v) is 17.4. The van der Waals surface area contributed by atoms with Crippen molar-refractivity contribution in [3.8, 4) is 5.75 Å². The standard InChI is InChI=1S/C21H21F2N5O4/c1-26-17-9-12(3-4-16(17)25-21(26)31)24-19(29)20(30)28-7-5-27(6-8-28)13-10-14(22)18(32-2)15(23)11-13/h3-4,9-11H,5-8H2,1-2H3,(H,24,29)(H,25,31). The molecular formula is C21H21F2N5O4. The van der Waals surface area contributed by atoms with Crippen molar-refractivity contribution < 1.29 is 23.1 Å². The van der Waals surface area contributed by atoms with Gasteiger partial charge in [-0.2, -0.15) is 0 Å². The molecule has 0 radical (unpaired) electrons. The molecule has 4 rings (SSSR count). The van der Waals surface area contributed by atoms with Gasteiger partial charge in [-0.25, -0.2) is 13.6 Å². The number of amides is 2. The summed E-state index contributed by atoms with van der Waals surface area (Å²) in [6.45, 7) is 1.04. The van der Waals surface area contributed by atoms with Crippen molar-refractivity contribution in [2.75, 3.05) is 43.5 Å². The molecule has 1 fully saturated rings. The van der Waals surface area contributed by atoms with Gasteiger partial charge in [0.05, 0.1) is 18.1 Å². The number of nitrogens with zero attached hydrogens (tertiary/aromatic N) is 3. The number of carbonyl (C=O) groups is 2. The fraction of sp³-hybridized carbons (Fsp3) is 0.286. The minimum Gasteiger partial charge on any atom is -0.491 e. The van der Waals surface area contributed by atoms with Crippen molar-refractivity contribution in [2.45, 2.75) is 0 Å². The molecule has 32 heavy (non-hydrogen) atoms. The van der Waals surface area contributed by atoms with E-state index in [1.807, 2.05) is 0 Å². The van der Waals surface area contributed by atoms with Crippen molar-refractivity contribution in [3.63, 3.8) is 0 Å². The lowest BCUT2D eigenvalue weighted by molar-refractivity contribution is -0.143. The zero-order valence-electron chi connectivity index (χ0n) is 17.4. The van der Waals surface area contributed by atoms with Gasteiger partial charge in [-0.15, -0.1) is 0 Å². The number of aromatic nitrogens is 2. The van der Waals surface area contributed by atoms with E-state index in [4.69, 9.17) is 0 Å². The molecule has 2 heterocycles. The van der Waals surface area contributed by atoms with Crippen molar-refractivity contribution >= 4 is 34.2 Å². The average molecular weight is 445 g/mol. The van der Waals surface area contributed by atoms with E-state index in [2.05, 4.69) is 15.0 Å². The summed E-state index contributed by atoms with van der Waals surface area (Å²) in [4.78, 5) is 42.5. The van der Waals surface area contributed by atoms with Crippen molar-refractivity contribution in [3.05, 3.63) is 52.5 Å². The number of fused-ring (bicyclic) bond motifs is 1. The van der Waals surface area contributed by atoms with Crippen LogP contribution in [0.3, 0.4) is 0 Å². The van der Waals surface area contributed by atoms with E-state index in [1.54, 1.807) is 30.1 Å². The number of halogens is 2. The number of benzene rings is 2. The molecule has 1 aliphatic rings. The average Bonchev–Trinajstić information content (AvgIpc) is 3.06. The number of aromatic amines is 1. The van der Waals surface area contributed by atoms with Gasteiger partial charge in [0.2, 0.25) is 0 Å². The molecule has 1 aliphatic heterocycles. The normalized spacial score (nSPS) is 14.0. The van der Waals surface area contributed by atoms with Crippen LogP contribution in [0.2, 0.25) is 0 Å². The Morgan fingerprint density at radius 3 is 2.34 bits per heavy atom. The van der Waals surface area contributed by atoms with Gasteiger partial charge in [0.1, 0.15) is 0 Å². The number of piperazine rings is 1. The second-order valence-corrected chi connectivity index (χ2v) is 7.40. The molecule has 168 valence electrons. The maximum absolute atomic E-state index is 14.0. The highest BCUT2D eigenvalue weighted by molar-refractivity contribution is 6.39. The van der Waals surface area contributed by atoms with Gasteiger partial charge < -0.3 is 24.8 Å². The first kappa shape index (κ1) is 21.3. The summed E-state index contributed by atoms with van der Waals surface area (Å²) in [5.41, 5.74) is 1.64. The fourth-order valence-corrected chi connectivity index (χ4v) is 3.72. The number of aryl methyl sites for hydroxylation is 1. The molecule has 2 aromatic carbocycles.